The van der Waals surface area contributed by atoms with E-state index in [0.717, 1.165) is 5.56 Å². The summed E-state index contributed by atoms with van der Waals surface area (Å²) in [5.41, 5.74) is 0.409. The summed E-state index contributed by atoms with van der Waals surface area (Å²) in [5, 5.41) is 22.9. The van der Waals surface area contributed by atoms with E-state index in [1.807, 2.05) is 19.9 Å². The minimum Gasteiger partial charge on any atom is -0.396 e. The van der Waals surface area contributed by atoms with Gasteiger partial charge in [0, 0.05) is 28.0 Å². The number of aliphatic hydroxyl groups is 2. The first-order valence-corrected chi connectivity index (χ1v) is 6.57. The highest BCUT2D eigenvalue weighted by atomic mass is 35.5. The number of benzene rings is 1. The number of nitrogens with one attached hydrogen (secondary N) is 1. The van der Waals surface area contributed by atoms with Crippen molar-refractivity contribution in [2.75, 3.05) is 19.8 Å². The summed E-state index contributed by atoms with van der Waals surface area (Å²) in [4.78, 5) is 0. The van der Waals surface area contributed by atoms with Gasteiger partial charge in [-0.25, -0.2) is 0 Å². The van der Waals surface area contributed by atoms with E-state index >= 15 is 0 Å². The Kier molecular flexibility index (Phi) is 5.89. The molecule has 0 saturated carbocycles. The Balaban J connectivity index is 2.68. The zero-order valence-corrected chi connectivity index (χ0v) is 12.1. The summed E-state index contributed by atoms with van der Waals surface area (Å²) in [6.07, 6.45) is 0. The van der Waals surface area contributed by atoms with Gasteiger partial charge in [-0.3, -0.25) is 0 Å². The van der Waals surface area contributed by atoms with Crippen LogP contribution in [0.15, 0.2) is 18.2 Å². The van der Waals surface area contributed by atoms with Crippen LogP contribution in [0.2, 0.25) is 10.0 Å². The van der Waals surface area contributed by atoms with Gasteiger partial charge in [0.25, 0.3) is 0 Å². The van der Waals surface area contributed by atoms with Gasteiger partial charge in [-0.15, -0.1) is 0 Å². The summed E-state index contributed by atoms with van der Waals surface area (Å²) in [7, 11) is 0. The molecule has 0 spiro atoms. The van der Waals surface area contributed by atoms with Crippen LogP contribution in [0.5, 0.6) is 0 Å². The van der Waals surface area contributed by atoms with Crippen LogP contribution >= 0.6 is 23.2 Å². The van der Waals surface area contributed by atoms with E-state index in [0.29, 0.717) is 16.6 Å². The molecule has 1 atom stereocenters. The number of hydrogen-bond donors (Lipinski definition) is 3. The summed E-state index contributed by atoms with van der Waals surface area (Å²) in [5.74, 6) is 0. The lowest BCUT2D eigenvalue weighted by molar-refractivity contribution is 0.0677. The van der Waals surface area contributed by atoms with E-state index in [4.69, 9.17) is 23.2 Å². The Labute approximate surface area is 118 Å². The van der Waals surface area contributed by atoms with Crippen LogP contribution in [0.4, 0.5) is 0 Å². The van der Waals surface area contributed by atoms with Crippen LogP contribution in [0.25, 0.3) is 0 Å². The third-order valence-corrected chi connectivity index (χ3v) is 3.59. The smallest absolute Gasteiger partial charge is 0.0519 e. The largest absolute Gasteiger partial charge is 0.396 e. The van der Waals surface area contributed by atoms with Crippen molar-refractivity contribution < 1.29 is 10.2 Å². The van der Waals surface area contributed by atoms with E-state index < -0.39 is 5.41 Å². The molecule has 0 radical (unpaired) electrons. The standard InChI is InChI=1S/C13H19Cl2NO2/c1-9(16-6-13(2,7-17)8-18)11-4-3-10(14)5-12(11)15/h3-5,9,16-18H,6-8H2,1-2H3. The van der Waals surface area contributed by atoms with Crippen molar-refractivity contribution in [2.45, 2.75) is 19.9 Å². The second kappa shape index (κ2) is 6.73. The van der Waals surface area contributed by atoms with Crippen LogP contribution in [0, 0.1) is 5.41 Å². The first-order valence-electron chi connectivity index (χ1n) is 5.82. The Morgan fingerprint density at radius 2 is 1.89 bits per heavy atom. The van der Waals surface area contributed by atoms with Crippen molar-refractivity contribution in [3.05, 3.63) is 33.8 Å². The van der Waals surface area contributed by atoms with Gasteiger partial charge in [0.05, 0.1) is 13.2 Å². The fraction of sp³-hybridized carbons (Fsp3) is 0.538. The van der Waals surface area contributed by atoms with Crippen molar-refractivity contribution in [3.8, 4) is 0 Å². The Bertz CT molecular complexity index is 395. The molecule has 0 aromatic heterocycles. The molecule has 1 unspecified atom stereocenters. The first kappa shape index (κ1) is 15.7. The van der Waals surface area contributed by atoms with Gasteiger partial charge in [-0.1, -0.05) is 36.2 Å². The molecule has 0 aliphatic heterocycles. The average Bonchev–Trinajstić information content (AvgIpc) is 2.35. The van der Waals surface area contributed by atoms with Crippen molar-refractivity contribution >= 4 is 23.2 Å². The highest BCUT2D eigenvalue weighted by Crippen LogP contribution is 2.26. The van der Waals surface area contributed by atoms with E-state index in [1.54, 1.807) is 12.1 Å². The van der Waals surface area contributed by atoms with Gasteiger partial charge in [0.1, 0.15) is 0 Å². The molecule has 102 valence electrons. The molecular formula is C13H19Cl2NO2. The van der Waals surface area contributed by atoms with Crippen LogP contribution in [-0.2, 0) is 0 Å². The van der Waals surface area contributed by atoms with Crippen LogP contribution < -0.4 is 5.32 Å². The SMILES string of the molecule is CC(NCC(C)(CO)CO)c1ccc(Cl)cc1Cl. The zero-order chi connectivity index (χ0) is 13.8. The monoisotopic (exact) mass is 291 g/mol. The molecule has 0 saturated heterocycles. The maximum atomic E-state index is 9.22. The Morgan fingerprint density at radius 1 is 1.28 bits per heavy atom. The third-order valence-electron chi connectivity index (χ3n) is 3.03. The van der Waals surface area contributed by atoms with E-state index in [1.165, 1.54) is 0 Å². The van der Waals surface area contributed by atoms with Crippen molar-refractivity contribution in [1.82, 2.24) is 5.32 Å². The molecule has 0 amide bonds. The van der Waals surface area contributed by atoms with Crippen LogP contribution in [0.1, 0.15) is 25.5 Å². The van der Waals surface area contributed by atoms with E-state index in [2.05, 4.69) is 5.32 Å². The highest BCUT2D eigenvalue weighted by molar-refractivity contribution is 6.35. The van der Waals surface area contributed by atoms with Crippen molar-refractivity contribution in [1.29, 1.82) is 0 Å². The number of hydrogen-bond acceptors (Lipinski definition) is 3. The van der Waals surface area contributed by atoms with Gasteiger partial charge in [-0.05, 0) is 24.6 Å². The number of aliphatic hydroxyl groups excluding tert-OH is 2. The molecular weight excluding hydrogens is 273 g/mol. The fourth-order valence-electron chi connectivity index (χ4n) is 1.52. The summed E-state index contributed by atoms with van der Waals surface area (Å²) in [6.45, 7) is 4.15. The quantitative estimate of drug-likeness (QED) is 0.755. The summed E-state index contributed by atoms with van der Waals surface area (Å²) < 4.78 is 0. The summed E-state index contributed by atoms with van der Waals surface area (Å²) >= 11 is 12.0. The molecule has 0 bridgehead atoms. The number of rotatable bonds is 6. The molecule has 1 aromatic carbocycles. The maximum absolute atomic E-state index is 9.22. The second-order valence-corrected chi connectivity index (χ2v) is 5.74. The van der Waals surface area contributed by atoms with Crippen LogP contribution in [-0.4, -0.2) is 30.0 Å². The van der Waals surface area contributed by atoms with Gasteiger partial charge < -0.3 is 15.5 Å². The van der Waals surface area contributed by atoms with Crippen molar-refractivity contribution in [2.24, 2.45) is 5.41 Å². The lowest BCUT2D eigenvalue weighted by Gasteiger charge is -2.27. The molecule has 1 rings (SSSR count). The second-order valence-electron chi connectivity index (χ2n) is 4.90. The summed E-state index contributed by atoms with van der Waals surface area (Å²) in [6, 6.07) is 5.39. The van der Waals surface area contributed by atoms with Gasteiger partial charge in [0.2, 0.25) is 0 Å². The lowest BCUT2D eigenvalue weighted by atomic mass is 9.92. The Hall–Kier alpha value is -0.320. The molecule has 0 aliphatic rings. The predicted molar refractivity (Wildman–Crippen MR) is 75.2 cm³/mol. The van der Waals surface area contributed by atoms with Gasteiger partial charge in [-0.2, -0.15) is 0 Å². The molecule has 3 nitrogen and oxygen atoms in total. The highest BCUT2D eigenvalue weighted by Gasteiger charge is 2.23. The normalized spacial score (nSPS) is 13.7. The third kappa shape index (κ3) is 4.11. The first-order chi connectivity index (χ1) is 8.41. The predicted octanol–water partition coefficient (Wildman–Crippen LogP) is 2.63. The number of halogens is 2. The van der Waals surface area contributed by atoms with Gasteiger partial charge >= 0.3 is 0 Å². The van der Waals surface area contributed by atoms with Crippen LogP contribution in [0.3, 0.4) is 0 Å². The average molecular weight is 292 g/mol. The maximum Gasteiger partial charge on any atom is 0.0519 e. The minimum absolute atomic E-state index is 0.0205. The molecule has 0 heterocycles. The lowest BCUT2D eigenvalue weighted by Crippen LogP contribution is -2.38. The fourth-order valence-corrected chi connectivity index (χ4v) is 2.10. The van der Waals surface area contributed by atoms with E-state index in [9.17, 15) is 10.2 Å². The molecule has 5 heteroatoms. The topological polar surface area (TPSA) is 52.5 Å². The molecule has 3 N–H and O–H groups in total. The van der Waals surface area contributed by atoms with Crippen molar-refractivity contribution in [3.63, 3.8) is 0 Å². The zero-order valence-electron chi connectivity index (χ0n) is 10.6. The molecule has 1 aromatic rings. The Morgan fingerprint density at radius 3 is 2.39 bits per heavy atom. The molecule has 0 aliphatic carbocycles. The minimum atomic E-state index is -0.535. The molecule has 0 fully saturated rings. The van der Waals surface area contributed by atoms with E-state index in [-0.39, 0.29) is 19.3 Å². The van der Waals surface area contributed by atoms with Gasteiger partial charge in [0.15, 0.2) is 0 Å². The molecule has 18 heavy (non-hydrogen) atoms.